The summed E-state index contributed by atoms with van der Waals surface area (Å²) in [5.74, 6) is 0.179. The lowest BCUT2D eigenvalue weighted by atomic mass is 9.99. The fourth-order valence-electron chi connectivity index (χ4n) is 2.35. The second kappa shape index (κ2) is 6.26. The second-order valence-corrected chi connectivity index (χ2v) is 5.15. The normalized spacial score (nSPS) is 22.4. The van der Waals surface area contributed by atoms with Gasteiger partial charge in [0, 0.05) is 24.6 Å². The van der Waals surface area contributed by atoms with Crippen LogP contribution in [0.2, 0.25) is 5.02 Å². The maximum Gasteiger partial charge on any atom is 0.251 e. The minimum Gasteiger partial charge on any atom is -0.506 e. The summed E-state index contributed by atoms with van der Waals surface area (Å²) in [6.07, 6.45) is 2.18. The highest BCUT2D eigenvalue weighted by molar-refractivity contribution is 6.32. The van der Waals surface area contributed by atoms with Gasteiger partial charge in [-0.25, -0.2) is 0 Å². The van der Waals surface area contributed by atoms with Crippen molar-refractivity contribution in [2.75, 3.05) is 13.2 Å². The maximum absolute atomic E-state index is 12.0. The van der Waals surface area contributed by atoms with Gasteiger partial charge in [-0.1, -0.05) is 18.5 Å². The van der Waals surface area contributed by atoms with Crippen LogP contribution in [0.25, 0.3) is 0 Å². The molecule has 2 rings (SSSR count). The first-order valence-corrected chi connectivity index (χ1v) is 6.88. The molecule has 19 heavy (non-hydrogen) atoms. The van der Waals surface area contributed by atoms with Gasteiger partial charge < -0.3 is 15.2 Å². The van der Waals surface area contributed by atoms with E-state index in [2.05, 4.69) is 12.2 Å². The van der Waals surface area contributed by atoms with Crippen molar-refractivity contribution < 1.29 is 14.6 Å². The highest BCUT2D eigenvalue weighted by Crippen LogP contribution is 2.24. The zero-order valence-corrected chi connectivity index (χ0v) is 11.6. The van der Waals surface area contributed by atoms with Gasteiger partial charge in [-0.05, 0) is 31.0 Å². The maximum atomic E-state index is 12.0. The lowest BCUT2D eigenvalue weighted by Gasteiger charge is -2.17. The summed E-state index contributed by atoms with van der Waals surface area (Å²) in [7, 11) is 0. The first kappa shape index (κ1) is 14.2. The average Bonchev–Trinajstić information content (AvgIpc) is 2.86. The first-order valence-electron chi connectivity index (χ1n) is 6.50. The van der Waals surface area contributed by atoms with Crippen molar-refractivity contribution in [3.8, 4) is 5.75 Å². The zero-order valence-electron chi connectivity index (χ0n) is 10.9. The third-order valence-electron chi connectivity index (χ3n) is 3.48. The zero-order chi connectivity index (χ0) is 13.8. The van der Waals surface area contributed by atoms with Crippen molar-refractivity contribution in [2.24, 2.45) is 5.92 Å². The number of carbonyl (C=O) groups is 1. The van der Waals surface area contributed by atoms with Crippen LogP contribution in [0.1, 0.15) is 30.1 Å². The molecule has 1 aromatic carbocycles. The second-order valence-electron chi connectivity index (χ2n) is 4.74. The number of benzene rings is 1. The summed E-state index contributed by atoms with van der Waals surface area (Å²) in [5, 5.41) is 12.4. The van der Waals surface area contributed by atoms with Crippen molar-refractivity contribution in [1.82, 2.24) is 5.32 Å². The molecule has 2 atom stereocenters. The number of halogens is 1. The highest BCUT2D eigenvalue weighted by atomic mass is 35.5. The van der Waals surface area contributed by atoms with E-state index in [1.165, 1.54) is 12.1 Å². The summed E-state index contributed by atoms with van der Waals surface area (Å²) < 4.78 is 5.58. The number of hydrogen-bond donors (Lipinski definition) is 2. The molecular weight excluding hydrogens is 266 g/mol. The summed E-state index contributed by atoms with van der Waals surface area (Å²) >= 11 is 5.78. The number of amides is 1. The molecule has 1 fully saturated rings. The van der Waals surface area contributed by atoms with Crippen LogP contribution in [0.15, 0.2) is 18.2 Å². The van der Waals surface area contributed by atoms with Gasteiger partial charge in [-0.2, -0.15) is 0 Å². The Labute approximate surface area is 117 Å². The predicted octanol–water partition coefficient (Wildman–Crippen LogP) is 2.59. The number of phenols is 1. The molecule has 0 bridgehead atoms. The number of aromatic hydroxyl groups is 1. The summed E-state index contributed by atoms with van der Waals surface area (Å²) in [6.45, 7) is 3.46. The van der Waals surface area contributed by atoms with Crippen LogP contribution >= 0.6 is 11.6 Å². The topological polar surface area (TPSA) is 58.6 Å². The number of phenolic OH excluding ortho intramolecular Hbond substituents is 1. The Balaban J connectivity index is 1.92. The van der Waals surface area contributed by atoms with E-state index in [0.29, 0.717) is 18.0 Å². The largest absolute Gasteiger partial charge is 0.506 e. The number of hydrogen-bond acceptors (Lipinski definition) is 3. The predicted molar refractivity (Wildman–Crippen MR) is 73.6 cm³/mol. The third kappa shape index (κ3) is 3.39. The molecule has 1 heterocycles. The minimum atomic E-state index is -0.177. The van der Waals surface area contributed by atoms with E-state index >= 15 is 0 Å². The lowest BCUT2D eigenvalue weighted by Crippen LogP contribution is -2.32. The van der Waals surface area contributed by atoms with Crippen molar-refractivity contribution >= 4 is 17.5 Å². The van der Waals surface area contributed by atoms with Crippen LogP contribution in [0.4, 0.5) is 0 Å². The van der Waals surface area contributed by atoms with E-state index in [0.717, 1.165) is 19.4 Å². The van der Waals surface area contributed by atoms with Gasteiger partial charge in [0.05, 0.1) is 11.1 Å². The van der Waals surface area contributed by atoms with Crippen LogP contribution in [0.3, 0.4) is 0 Å². The van der Waals surface area contributed by atoms with Gasteiger partial charge in [-0.15, -0.1) is 0 Å². The number of rotatable bonds is 4. The fraction of sp³-hybridized carbons (Fsp3) is 0.500. The summed E-state index contributed by atoms with van der Waals surface area (Å²) in [6, 6.07) is 4.44. The van der Waals surface area contributed by atoms with Crippen molar-refractivity contribution in [2.45, 2.75) is 25.9 Å². The first-order chi connectivity index (χ1) is 9.11. The van der Waals surface area contributed by atoms with Crippen LogP contribution in [0.5, 0.6) is 5.75 Å². The van der Waals surface area contributed by atoms with E-state index in [4.69, 9.17) is 16.3 Å². The molecular formula is C14H18ClNO3. The van der Waals surface area contributed by atoms with Crippen molar-refractivity contribution in [3.05, 3.63) is 28.8 Å². The highest BCUT2D eigenvalue weighted by Gasteiger charge is 2.26. The van der Waals surface area contributed by atoms with Crippen LogP contribution in [-0.2, 0) is 4.74 Å². The Hall–Kier alpha value is -1.26. The van der Waals surface area contributed by atoms with Gasteiger partial charge in [0.1, 0.15) is 5.75 Å². The van der Waals surface area contributed by atoms with Crippen LogP contribution in [-0.4, -0.2) is 30.3 Å². The minimum absolute atomic E-state index is 0.0199. The number of nitrogens with one attached hydrogen (secondary N) is 1. The van der Waals surface area contributed by atoms with Gasteiger partial charge in [0.25, 0.3) is 5.91 Å². The number of ether oxygens (including phenoxy) is 1. The molecule has 0 spiro atoms. The van der Waals surface area contributed by atoms with E-state index in [1.807, 2.05) is 0 Å². The Morgan fingerprint density at radius 2 is 2.37 bits per heavy atom. The molecule has 0 aliphatic carbocycles. The van der Waals surface area contributed by atoms with E-state index < -0.39 is 0 Å². The molecule has 4 nitrogen and oxygen atoms in total. The molecule has 1 saturated heterocycles. The summed E-state index contributed by atoms with van der Waals surface area (Å²) in [4.78, 5) is 12.0. The molecule has 0 saturated carbocycles. The standard InChI is InChI=1S/C14H18ClNO3/c1-2-13-10(5-6-19-13)8-16-14(18)9-3-4-12(17)11(15)7-9/h3-4,7,10,13,17H,2,5-6,8H2,1H3,(H,16,18). The smallest absolute Gasteiger partial charge is 0.251 e. The molecule has 0 radical (unpaired) electrons. The van der Waals surface area contributed by atoms with Crippen LogP contribution in [0, 0.1) is 5.92 Å². The lowest BCUT2D eigenvalue weighted by molar-refractivity contribution is 0.0827. The molecule has 1 amide bonds. The Bertz CT molecular complexity index is 464. The van der Waals surface area contributed by atoms with E-state index in [-0.39, 0.29) is 22.8 Å². The third-order valence-corrected chi connectivity index (χ3v) is 3.79. The van der Waals surface area contributed by atoms with Gasteiger partial charge >= 0.3 is 0 Å². The molecule has 1 aromatic rings. The molecule has 2 N–H and O–H groups in total. The average molecular weight is 284 g/mol. The monoisotopic (exact) mass is 283 g/mol. The molecule has 1 aliphatic heterocycles. The molecule has 5 heteroatoms. The molecule has 0 aromatic heterocycles. The van der Waals surface area contributed by atoms with E-state index in [1.54, 1.807) is 6.07 Å². The van der Waals surface area contributed by atoms with Gasteiger partial charge in [0.2, 0.25) is 0 Å². The molecule has 1 aliphatic rings. The fourth-order valence-corrected chi connectivity index (χ4v) is 2.53. The SMILES string of the molecule is CCC1OCCC1CNC(=O)c1ccc(O)c(Cl)c1. The summed E-state index contributed by atoms with van der Waals surface area (Å²) in [5.41, 5.74) is 0.453. The quantitative estimate of drug-likeness (QED) is 0.893. The molecule has 2 unspecified atom stereocenters. The van der Waals surface area contributed by atoms with Crippen LogP contribution < -0.4 is 5.32 Å². The van der Waals surface area contributed by atoms with Crippen molar-refractivity contribution in [1.29, 1.82) is 0 Å². The van der Waals surface area contributed by atoms with Gasteiger partial charge in [0.15, 0.2) is 0 Å². The molecule has 104 valence electrons. The Morgan fingerprint density at radius 1 is 1.58 bits per heavy atom. The van der Waals surface area contributed by atoms with E-state index in [9.17, 15) is 9.90 Å². The number of carbonyl (C=O) groups excluding carboxylic acids is 1. The Kier molecular flexibility index (Phi) is 4.66. The van der Waals surface area contributed by atoms with Crippen molar-refractivity contribution in [3.63, 3.8) is 0 Å². The van der Waals surface area contributed by atoms with Gasteiger partial charge in [-0.3, -0.25) is 4.79 Å². The Morgan fingerprint density at radius 3 is 3.05 bits per heavy atom.